The Balaban J connectivity index is 1.68. The van der Waals surface area contributed by atoms with Crippen LogP contribution in [0.4, 0.5) is 0 Å². The summed E-state index contributed by atoms with van der Waals surface area (Å²) in [7, 11) is 0. The van der Waals surface area contributed by atoms with Gasteiger partial charge in [0, 0.05) is 6.42 Å². The van der Waals surface area contributed by atoms with Gasteiger partial charge >= 0.3 is 5.97 Å². The van der Waals surface area contributed by atoms with E-state index in [9.17, 15) is 15.0 Å². The van der Waals surface area contributed by atoms with Gasteiger partial charge in [-0.15, -0.1) is 0 Å². The second kappa shape index (κ2) is 7.09. The van der Waals surface area contributed by atoms with Crippen molar-refractivity contribution in [2.45, 2.75) is 112 Å². The van der Waals surface area contributed by atoms with Crippen LogP contribution in [0.25, 0.3) is 0 Å². The van der Waals surface area contributed by atoms with Crippen molar-refractivity contribution in [1.29, 1.82) is 0 Å². The van der Waals surface area contributed by atoms with Crippen molar-refractivity contribution in [2.24, 2.45) is 39.4 Å². The van der Waals surface area contributed by atoms with Crippen LogP contribution < -0.4 is 0 Å². The van der Waals surface area contributed by atoms with Crippen LogP contribution in [0, 0.1) is 39.4 Å². The topological polar surface area (TPSA) is 57.5 Å². The van der Waals surface area contributed by atoms with E-state index in [-0.39, 0.29) is 27.8 Å². The zero-order valence-corrected chi connectivity index (χ0v) is 20.2. The van der Waals surface area contributed by atoms with E-state index < -0.39 is 5.97 Å². The summed E-state index contributed by atoms with van der Waals surface area (Å²) in [4.78, 5) is 11.2. The standard InChI is InChI=1S/C27H44O3/c1-17(7-10-23(29)30)18-11-15-27(6)20-8-9-21-24(2,3)22(28)13-14-25(21,4)19(20)12-16-26(18,27)5/h17-18,21-22,28H,7-16H2,1-6H3,(H,29,30)/t17-,18-,21-,22-,25+,26+,27-/m0/s1. The maximum Gasteiger partial charge on any atom is 0.303 e. The first-order chi connectivity index (χ1) is 13.9. The molecular formula is C27H44O3. The lowest BCUT2D eigenvalue weighted by molar-refractivity contribution is -0.137. The molecule has 2 saturated carbocycles. The maximum absolute atomic E-state index is 11.2. The van der Waals surface area contributed by atoms with Crippen LogP contribution >= 0.6 is 0 Å². The summed E-state index contributed by atoms with van der Waals surface area (Å²) in [5.41, 5.74) is 4.32. The Morgan fingerprint density at radius 2 is 1.70 bits per heavy atom. The highest BCUT2D eigenvalue weighted by Gasteiger charge is 2.63. The van der Waals surface area contributed by atoms with E-state index in [1.54, 1.807) is 11.1 Å². The summed E-state index contributed by atoms with van der Waals surface area (Å²) in [5, 5.41) is 19.9. The number of hydrogen-bond acceptors (Lipinski definition) is 2. The quantitative estimate of drug-likeness (QED) is 0.508. The van der Waals surface area contributed by atoms with Gasteiger partial charge in [-0.1, -0.05) is 52.7 Å². The zero-order valence-electron chi connectivity index (χ0n) is 20.2. The molecule has 4 aliphatic carbocycles. The molecule has 0 heterocycles. The van der Waals surface area contributed by atoms with Crippen molar-refractivity contribution in [3.05, 3.63) is 11.1 Å². The second-order valence-electron chi connectivity index (χ2n) is 12.6. The first-order valence-electron chi connectivity index (χ1n) is 12.5. The number of carbonyl (C=O) groups is 1. The Bertz CT molecular complexity index is 751. The van der Waals surface area contributed by atoms with Gasteiger partial charge in [0.1, 0.15) is 0 Å². The number of aliphatic hydroxyl groups is 1. The molecule has 0 aromatic heterocycles. The van der Waals surface area contributed by atoms with Gasteiger partial charge in [0.25, 0.3) is 0 Å². The Morgan fingerprint density at radius 3 is 2.37 bits per heavy atom. The molecule has 0 radical (unpaired) electrons. The highest BCUT2D eigenvalue weighted by atomic mass is 16.4. The number of aliphatic hydroxyl groups excluding tert-OH is 1. The molecule has 0 unspecified atom stereocenters. The van der Waals surface area contributed by atoms with E-state index in [0.29, 0.717) is 24.2 Å². The van der Waals surface area contributed by atoms with Crippen molar-refractivity contribution in [3.8, 4) is 0 Å². The lowest BCUT2D eigenvalue weighted by Gasteiger charge is -2.62. The Morgan fingerprint density at radius 1 is 1.00 bits per heavy atom. The number of allylic oxidation sites excluding steroid dienone is 2. The minimum Gasteiger partial charge on any atom is -0.481 e. The third kappa shape index (κ3) is 2.90. The van der Waals surface area contributed by atoms with Crippen molar-refractivity contribution >= 4 is 5.97 Å². The third-order valence-corrected chi connectivity index (χ3v) is 11.3. The summed E-state index contributed by atoms with van der Waals surface area (Å²) in [6.07, 6.45) is 10.4. The van der Waals surface area contributed by atoms with E-state index in [2.05, 4.69) is 41.5 Å². The molecule has 0 aromatic rings. The molecule has 7 atom stereocenters. The minimum atomic E-state index is -0.658. The highest BCUT2D eigenvalue weighted by Crippen LogP contribution is 2.72. The van der Waals surface area contributed by atoms with Crippen molar-refractivity contribution < 1.29 is 15.0 Å². The molecule has 30 heavy (non-hydrogen) atoms. The second-order valence-corrected chi connectivity index (χ2v) is 12.6. The summed E-state index contributed by atoms with van der Waals surface area (Å²) in [6.45, 7) is 14.5. The van der Waals surface area contributed by atoms with Crippen LogP contribution in [0.5, 0.6) is 0 Å². The molecule has 0 spiro atoms. The van der Waals surface area contributed by atoms with Gasteiger partial charge in [-0.2, -0.15) is 0 Å². The number of fused-ring (bicyclic) bond motifs is 4. The van der Waals surface area contributed by atoms with Crippen LogP contribution in [0.1, 0.15) is 106 Å². The molecule has 3 nitrogen and oxygen atoms in total. The van der Waals surface area contributed by atoms with Gasteiger partial charge in [-0.25, -0.2) is 0 Å². The van der Waals surface area contributed by atoms with Gasteiger partial charge in [-0.05, 0) is 97.2 Å². The van der Waals surface area contributed by atoms with E-state index in [1.807, 2.05) is 0 Å². The predicted octanol–water partition coefficient (Wildman–Crippen LogP) is 6.60. The highest BCUT2D eigenvalue weighted by molar-refractivity contribution is 5.66. The van der Waals surface area contributed by atoms with Crippen LogP contribution in [-0.2, 0) is 4.79 Å². The molecule has 3 heteroatoms. The molecule has 4 rings (SSSR count). The lowest BCUT2D eigenvalue weighted by Crippen LogP contribution is -2.55. The van der Waals surface area contributed by atoms with E-state index in [0.717, 1.165) is 19.3 Å². The Kier molecular flexibility index (Phi) is 5.28. The zero-order chi connectivity index (χ0) is 22.1. The number of aliphatic carboxylic acids is 1. The van der Waals surface area contributed by atoms with Crippen LogP contribution in [0.15, 0.2) is 11.1 Å². The van der Waals surface area contributed by atoms with Gasteiger partial charge in [0.2, 0.25) is 0 Å². The van der Waals surface area contributed by atoms with Gasteiger partial charge in [0.15, 0.2) is 0 Å². The summed E-state index contributed by atoms with van der Waals surface area (Å²) < 4.78 is 0. The van der Waals surface area contributed by atoms with Crippen LogP contribution in [-0.4, -0.2) is 22.3 Å². The van der Waals surface area contributed by atoms with Gasteiger partial charge in [-0.3, -0.25) is 4.79 Å². The number of carboxylic acids is 1. The average Bonchev–Trinajstić information content (AvgIpc) is 2.95. The van der Waals surface area contributed by atoms with Gasteiger partial charge < -0.3 is 10.2 Å². The SMILES string of the molecule is C[C@@H](CCC(=O)O)[C@@H]1CC[C@@]2(C)C3=C(CC[C@]12C)[C@@]1(C)CC[C@H](O)C(C)(C)[C@@H]1CC3. The molecule has 4 aliphatic rings. The lowest BCUT2D eigenvalue weighted by atomic mass is 9.43. The fourth-order valence-electron chi connectivity index (χ4n) is 9.18. The molecule has 170 valence electrons. The average molecular weight is 417 g/mol. The van der Waals surface area contributed by atoms with Crippen LogP contribution in [0.3, 0.4) is 0 Å². The summed E-state index contributed by atoms with van der Waals surface area (Å²) >= 11 is 0. The molecule has 2 N–H and O–H groups in total. The molecule has 0 amide bonds. The van der Waals surface area contributed by atoms with E-state index in [4.69, 9.17) is 0 Å². The van der Waals surface area contributed by atoms with E-state index >= 15 is 0 Å². The molecule has 0 bridgehead atoms. The van der Waals surface area contributed by atoms with E-state index in [1.165, 1.54) is 38.5 Å². The Hall–Kier alpha value is -0.830. The van der Waals surface area contributed by atoms with Crippen molar-refractivity contribution in [1.82, 2.24) is 0 Å². The first kappa shape index (κ1) is 22.4. The maximum atomic E-state index is 11.2. The molecule has 0 aliphatic heterocycles. The Labute approximate surface area is 183 Å². The minimum absolute atomic E-state index is 0.00323. The number of rotatable bonds is 4. The summed E-state index contributed by atoms with van der Waals surface area (Å²) in [6, 6.07) is 0. The molecule has 0 aromatic carbocycles. The molecule has 2 fully saturated rings. The number of carboxylic acid groups (broad SMARTS) is 1. The van der Waals surface area contributed by atoms with Gasteiger partial charge in [0.05, 0.1) is 6.10 Å². The van der Waals surface area contributed by atoms with Crippen molar-refractivity contribution in [2.75, 3.05) is 0 Å². The normalized spacial score (nSPS) is 46.0. The van der Waals surface area contributed by atoms with Crippen LogP contribution in [0.2, 0.25) is 0 Å². The monoisotopic (exact) mass is 416 g/mol. The first-order valence-corrected chi connectivity index (χ1v) is 12.5. The number of hydrogen-bond donors (Lipinski definition) is 2. The predicted molar refractivity (Wildman–Crippen MR) is 121 cm³/mol. The largest absolute Gasteiger partial charge is 0.481 e. The smallest absolute Gasteiger partial charge is 0.303 e. The third-order valence-electron chi connectivity index (χ3n) is 11.3. The molecular weight excluding hydrogens is 372 g/mol. The summed E-state index contributed by atoms with van der Waals surface area (Å²) in [5.74, 6) is 1.03. The fraction of sp³-hybridized carbons (Fsp3) is 0.889. The van der Waals surface area contributed by atoms with Crippen molar-refractivity contribution in [3.63, 3.8) is 0 Å². The molecule has 0 saturated heterocycles. The fourth-order valence-corrected chi connectivity index (χ4v) is 9.18.